The number of imidazole rings is 1. The Kier molecular flexibility index (Phi) is 6.62. The fourth-order valence-corrected chi connectivity index (χ4v) is 2.58. The van der Waals surface area contributed by atoms with E-state index in [2.05, 4.69) is 29.3 Å². The highest BCUT2D eigenvalue weighted by atomic mass is 32.3. The van der Waals surface area contributed by atoms with E-state index in [0.29, 0.717) is 18.9 Å². The van der Waals surface area contributed by atoms with Crippen LogP contribution in [0.4, 0.5) is 17.3 Å². The molecule has 10 heteroatoms. The van der Waals surface area contributed by atoms with E-state index in [9.17, 15) is 8.42 Å². The first-order chi connectivity index (χ1) is 11.9. The number of hydrogen-bond donors (Lipinski definition) is 2. The Balaban J connectivity index is 1.99. The summed E-state index contributed by atoms with van der Waals surface area (Å²) in [6.07, 6.45) is 3.75. The van der Waals surface area contributed by atoms with Crippen LogP contribution in [0.3, 0.4) is 0 Å². The van der Waals surface area contributed by atoms with E-state index in [-0.39, 0.29) is 6.61 Å². The van der Waals surface area contributed by atoms with Gasteiger partial charge in [0.05, 0.1) is 12.3 Å². The predicted octanol–water partition coefficient (Wildman–Crippen LogP) is 3.17. The summed E-state index contributed by atoms with van der Waals surface area (Å²) in [6, 6.07) is 5.79. The minimum Gasteiger partial charge on any atom is -0.372 e. The van der Waals surface area contributed by atoms with Crippen molar-refractivity contribution in [1.29, 1.82) is 0 Å². The minimum atomic E-state index is -4.38. The van der Waals surface area contributed by atoms with Gasteiger partial charge < -0.3 is 9.88 Å². The highest BCUT2D eigenvalue weighted by Gasteiger charge is 2.08. The van der Waals surface area contributed by atoms with Crippen molar-refractivity contribution in [2.45, 2.75) is 20.3 Å². The summed E-state index contributed by atoms with van der Waals surface area (Å²) in [4.78, 5) is 8.91. The molecule has 0 bridgehead atoms. The molecule has 0 radical (unpaired) electrons. The molecular weight excluding hydrogens is 346 g/mol. The fourth-order valence-electron chi connectivity index (χ4n) is 2.25. The molecule has 0 aliphatic heterocycles. The van der Waals surface area contributed by atoms with Crippen LogP contribution in [0.5, 0.6) is 0 Å². The molecule has 0 unspecified atom stereocenters. The first-order valence-corrected chi connectivity index (χ1v) is 9.14. The Bertz CT molecular complexity index is 805. The maximum Gasteiger partial charge on any atom is 0.397 e. The Labute approximate surface area is 146 Å². The molecule has 0 saturated carbocycles. The summed E-state index contributed by atoms with van der Waals surface area (Å²) >= 11 is 0. The van der Waals surface area contributed by atoms with Crippen LogP contribution in [0.2, 0.25) is 0 Å². The van der Waals surface area contributed by atoms with Crippen molar-refractivity contribution >= 4 is 27.7 Å². The number of benzene rings is 1. The first kappa shape index (κ1) is 19.0. The molecule has 9 nitrogen and oxygen atoms in total. The zero-order chi connectivity index (χ0) is 18.3. The zero-order valence-corrected chi connectivity index (χ0v) is 14.9. The van der Waals surface area contributed by atoms with Crippen molar-refractivity contribution in [3.63, 3.8) is 0 Å². The largest absolute Gasteiger partial charge is 0.397 e. The molecule has 0 fully saturated rings. The summed E-state index contributed by atoms with van der Waals surface area (Å²) in [5, 5.41) is 8.20. The lowest BCUT2D eigenvalue weighted by Crippen LogP contribution is -2.25. The molecule has 1 aromatic carbocycles. The zero-order valence-electron chi connectivity index (χ0n) is 14.1. The van der Waals surface area contributed by atoms with Crippen molar-refractivity contribution in [3.8, 4) is 0 Å². The average Bonchev–Trinajstić information content (AvgIpc) is 3.06. The van der Waals surface area contributed by atoms with Crippen LogP contribution in [0.1, 0.15) is 18.9 Å². The number of hydrogen-bond acceptors (Lipinski definition) is 7. The lowest BCUT2D eigenvalue weighted by molar-refractivity contribution is 0.266. The summed E-state index contributed by atoms with van der Waals surface area (Å²) < 4.78 is 34.0. The number of aryl methyl sites for hydroxylation is 1. The molecule has 0 spiro atoms. The molecule has 0 saturated heterocycles. The third-order valence-electron chi connectivity index (χ3n) is 3.47. The van der Waals surface area contributed by atoms with Gasteiger partial charge in [0.25, 0.3) is 0 Å². The highest BCUT2D eigenvalue weighted by Crippen LogP contribution is 2.26. The number of nitrogens with zero attached hydrogens (tertiary/aromatic N) is 4. The molecule has 25 heavy (non-hydrogen) atoms. The molecule has 2 aromatic rings. The number of anilines is 1. The lowest BCUT2D eigenvalue weighted by atomic mass is 10.1. The standard InChI is InChI=1S/C15H21N5O4S/c1-3-20(9-4-10-24-25(21,22)23)13-5-6-14(12(2)11-13)18-19-15-16-7-8-17-15/h5-8,11H,3-4,9-10H2,1-2H3,(H,16,17)(H,21,22,23). The predicted molar refractivity (Wildman–Crippen MR) is 93.9 cm³/mol. The van der Waals surface area contributed by atoms with Gasteiger partial charge in [-0.1, -0.05) is 0 Å². The third kappa shape index (κ3) is 6.25. The molecular formula is C15H21N5O4S. The second kappa shape index (κ2) is 8.70. The number of rotatable bonds is 9. The van der Waals surface area contributed by atoms with Gasteiger partial charge in [0.1, 0.15) is 0 Å². The van der Waals surface area contributed by atoms with Crippen molar-refractivity contribution in [2.24, 2.45) is 10.2 Å². The second-order valence-corrected chi connectivity index (χ2v) is 6.36. The van der Waals surface area contributed by atoms with Gasteiger partial charge in [-0.2, -0.15) is 8.42 Å². The number of azo groups is 1. The van der Waals surface area contributed by atoms with E-state index < -0.39 is 10.4 Å². The van der Waals surface area contributed by atoms with E-state index in [0.717, 1.165) is 23.5 Å². The van der Waals surface area contributed by atoms with E-state index in [1.165, 1.54) is 0 Å². The Morgan fingerprint density at radius 3 is 2.76 bits per heavy atom. The van der Waals surface area contributed by atoms with Crippen molar-refractivity contribution in [3.05, 3.63) is 36.2 Å². The van der Waals surface area contributed by atoms with E-state index in [1.54, 1.807) is 12.4 Å². The first-order valence-electron chi connectivity index (χ1n) is 7.77. The van der Waals surface area contributed by atoms with Gasteiger partial charge in [0.2, 0.25) is 5.95 Å². The summed E-state index contributed by atoms with van der Waals surface area (Å²) in [6.45, 7) is 5.22. The Morgan fingerprint density at radius 1 is 1.36 bits per heavy atom. The number of aromatic nitrogens is 2. The molecule has 1 heterocycles. The van der Waals surface area contributed by atoms with Crippen molar-refractivity contribution < 1.29 is 17.2 Å². The molecule has 2 N–H and O–H groups in total. The third-order valence-corrected chi connectivity index (χ3v) is 3.93. The molecule has 0 amide bonds. The monoisotopic (exact) mass is 367 g/mol. The van der Waals surface area contributed by atoms with Gasteiger partial charge in [-0.3, -0.25) is 4.55 Å². The van der Waals surface area contributed by atoms with E-state index >= 15 is 0 Å². The van der Waals surface area contributed by atoms with Gasteiger partial charge in [0.15, 0.2) is 0 Å². The second-order valence-electron chi connectivity index (χ2n) is 5.27. The Hall–Kier alpha value is -2.30. The van der Waals surface area contributed by atoms with Gasteiger partial charge in [-0.15, -0.1) is 10.2 Å². The smallest absolute Gasteiger partial charge is 0.372 e. The van der Waals surface area contributed by atoms with Gasteiger partial charge >= 0.3 is 10.4 Å². The van der Waals surface area contributed by atoms with Crippen molar-refractivity contribution in [2.75, 3.05) is 24.6 Å². The molecule has 2 rings (SSSR count). The molecule has 1 aromatic heterocycles. The van der Waals surface area contributed by atoms with E-state index in [4.69, 9.17) is 4.55 Å². The highest BCUT2D eigenvalue weighted by molar-refractivity contribution is 7.80. The van der Waals surface area contributed by atoms with Crippen LogP contribution in [-0.4, -0.2) is 42.6 Å². The molecule has 0 aliphatic carbocycles. The van der Waals surface area contributed by atoms with Crippen LogP contribution < -0.4 is 4.90 Å². The van der Waals surface area contributed by atoms with Crippen molar-refractivity contribution in [1.82, 2.24) is 9.97 Å². The summed E-state index contributed by atoms with van der Waals surface area (Å²) in [5.74, 6) is 0.442. The van der Waals surface area contributed by atoms with Gasteiger partial charge in [-0.05, 0) is 44.0 Å². The van der Waals surface area contributed by atoms with Crippen LogP contribution in [0.15, 0.2) is 40.8 Å². The normalized spacial score (nSPS) is 12.0. The van der Waals surface area contributed by atoms with E-state index in [1.807, 2.05) is 32.0 Å². The van der Waals surface area contributed by atoms with Crippen LogP contribution in [-0.2, 0) is 14.6 Å². The van der Waals surface area contributed by atoms with Crippen LogP contribution >= 0.6 is 0 Å². The maximum atomic E-state index is 10.5. The summed E-state index contributed by atoms with van der Waals surface area (Å²) in [7, 11) is -4.38. The molecule has 0 atom stereocenters. The SMILES string of the molecule is CCN(CCCOS(=O)(=O)O)c1ccc(N=Nc2ncc[nH]2)c(C)c1. The Morgan fingerprint density at radius 2 is 2.16 bits per heavy atom. The quantitative estimate of drug-likeness (QED) is 0.399. The minimum absolute atomic E-state index is 0.0657. The van der Waals surface area contributed by atoms with Gasteiger partial charge in [-0.25, -0.2) is 9.17 Å². The molecule has 136 valence electrons. The number of nitrogens with one attached hydrogen (secondary N) is 1. The lowest BCUT2D eigenvalue weighted by Gasteiger charge is -2.23. The maximum absolute atomic E-state index is 10.5. The molecule has 0 aliphatic rings. The van der Waals surface area contributed by atoms with Gasteiger partial charge in [0, 0.05) is 31.2 Å². The topological polar surface area (TPSA) is 120 Å². The van der Waals surface area contributed by atoms with Crippen LogP contribution in [0, 0.1) is 6.92 Å². The average molecular weight is 367 g/mol. The number of H-pyrrole nitrogens is 1. The van der Waals surface area contributed by atoms with Crippen LogP contribution in [0.25, 0.3) is 0 Å². The summed E-state index contributed by atoms with van der Waals surface area (Å²) in [5.41, 5.74) is 2.69. The fraction of sp³-hybridized carbons (Fsp3) is 0.400. The number of aromatic amines is 1.